The molecule has 6 heteroatoms. The number of carbonyl (C=O) groups excluding carboxylic acids is 1. The molecule has 0 bridgehead atoms. The number of benzene rings is 2. The number of nitrogens with zero attached hydrogens (tertiary/aromatic N) is 2. The molecule has 0 saturated heterocycles. The summed E-state index contributed by atoms with van der Waals surface area (Å²) in [5, 5.41) is 6.83. The van der Waals surface area contributed by atoms with Gasteiger partial charge in [0.05, 0.1) is 0 Å². The van der Waals surface area contributed by atoms with E-state index in [1.165, 1.54) is 0 Å². The summed E-state index contributed by atoms with van der Waals surface area (Å²) in [6, 6.07) is 13.0. The van der Waals surface area contributed by atoms with Crippen molar-refractivity contribution in [1.29, 1.82) is 0 Å². The Balaban J connectivity index is 1.58. The van der Waals surface area contributed by atoms with Gasteiger partial charge in [0.1, 0.15) is 5.75 Å². The van der Waals surface area contributed by atoms with Gasteiger partial charge in [-0.25, -0.2) is 0 Å². The average Bonchev–Trinajstić information content (AvgIpc) is 3.15. The van der Waals surface area contributed by atoms with Crippen LogP contribution < -0.4 is 10.1 Å². The van der Waals surface area contributed by atoms with Crippen molar-refractivity contribution in [2.24, 2.45) is 0 Å². The molecular weight excluding hydrogens is 342 g/mol. The fourth-order valence-electron chi connectivity index (χ4n) is 2.50. The lowest BCUT2D eigenvalue weighted by atomic mass is 10.1. The molecule has 2 aromatic carbocycles. The molecule has 1 heterocycles. The molecule has 0 aliphatic heterocycles. The second-order valence-corrected chi connectivity index (χ2v) is 6.72. The molecule has 0 saturated carbocycles. The SMILES string of the molecule is Cc1cccc(NC(=O)COc2ccc(-c3nc(C(C)C)no3)cc2)c1C. The van der Waals surface area contributed by atoms with Crippen LogP contribution in [0.3, 0.4) is 0 Å². The maximum absolute atomic E-state index is 12.1. The summed E-state index contributed by atoms with van der Waals surface area (Å²) in [6.07, 6.45) is 0. The first-order valence-corrected chi connectivity index (χ1v) is 8.87. The number of anilines is 1. The van der Waals surface area contributed by atoms with Crippen LogP contribution in [0.5, 0.6) is 5.75 Å². The third-order valence-electron chi connectivity index (χ3n) is 4.31. The van der Waals surface area contributed by atoms with Crippen LogP contribution in [0.2, 0.25) is 0 Å². The van der Waals surface area contributed by atoms with Crippen LogP contribution in [0.25, 0.3) is 11.5 Å². The van der Waals surface area contributed by atoms with E-state index in [2.05, 4.69) is 15.5 Å². The fraction of sp³-hybridized carbons (Fsp3) is 0.286. The Kier molecular flexibility index (Phi) is 5.54. The fourth-order valence-corrected chi connectivity index (χ4v) is 2.50. The maximum Gasteiger partial charge on any atom is 0.262 e. The molecule has 0 aliphatic rings. The molecular formula is C21H23N3O3. The maximum atomic E-state index is 12.1. The lowest BCUT2D eigenvalue weighted by Crippen LogP contribution is -2.20. The summed E-state index contributed by atoms with van der Waals surface area (Å²) < 4.78 is 10.8. The summed E-state index contributed by atoms with van der Waals surface area (Å²) in [6.45, 7) is 7.94. The summed E-state index contributed by atoms with van der Waals surface area (Å²) in [4.78, 5) is 16.5. The molecule has 0 atom stereocenters. The molecule has 3 rings (SSSR count). The van der Waals surface area contributed by atoms with Crippen LogP contribution in [-0.4, -0.2) is 22.7 Å². The van der Waals surface area contributed by atoms with E-state index in [1.807, 2.05) is 58.0 Å². The lowest BCUT2D eigenvalue weighted by molar-refractivity contribution is -0.118. The first-order valence-electron chi connectivity index (χ1n) is 8.87. The minimum atomic E-state index is -0.203. The average molecular weight is 365 g/mol. The van der Waals surface area contributed by atoms with Gasteiger partial charge in [0.25, 0.3) is 11.8 Å². The number of ether oxygens (including phenoxy) is 1. The molecule has 1 aromatic heterocycles. The minimum absolute atomic E-state index is 0.0647. The molecule has 6 nitrogen and oxygen atoms in total. The van der Waals surface area contributed by atoms with E-state index in [0.29, 0.717) is 17.5 Å². The van der Waals surface area contributed by atoms with Crippen molar-refractivity contribution in [3.63, 3.8) is 0 Å². The number of amides is 1. The standard InChI is InChI=1S/C21H23N3O3/c1-13(2)20-23-21(27-24-20)16-8-10-17(11-9-16)26-12-19(25)22-18-7-5-6-14(3)15(18)4/h5-11,13H,12H2,1-4H3,(H,22,25). The van der Waals surface area contributed by atoms with Crippen molar-refractivity contribution >= 4 is 11.6 Å². The summed E-state index contributed by atoms with van der Waals surface area (Å²) in [7, 11) is 0. The summed E-state index contributed by atoms with van der Waals surface area (Å²) >= 11 is 0. The summed E-state index contributed by atoms with van der Waals surface area (Å²) in [5.41, 5.74) is 3.79. The quantitative estimate of drug-likeness (QED) is 0.696. The second kappa shape index (κ2) is 8.03. The van der Waals surface area contributed by atoms with Crippen LogP contribution >= 0.6 is 0 Å². The number of hydrogen-bond acceptors (Lipinski definition) is 5. The van der Waals surface area contributed by atoms with Gasteiger partial charge in [-0.05, 0) is 55.3 Å². The van der Waals surface area contributed by atoms with Crippen molar-refractivity contribution in [2.45, 2.75) is 33.6 Å². The molecule has 0 unspecified atom stereocenters. The molecule has 0 spiro atoms. The van der Waals surface area contributed by atoms with E-state index in [1.54, 1.807) is 12.1 Å². The Hall–Kier alpha value is -3.15. The Morgan fingerprint density at radius 1 is 1.15 bits per heavy atom. The monoisotopic (exact) mass is 365 g/mol. The Morgan fingerprint density at radius 2 is 1.89 bits per heavy atom. The van der Waals surface area contributed by atoms with Crippen LogP contribution in [0.1, 0.15) is 36.7 Å². The van der Waals surface area contributed by atoms with Crippen LogP contribution in [0.15, 0.2) is 47.0 Å². The van der Waals surface area contributed by atoms with Crippen LogP contribution in [0.4, 0.5) is 5.69 Å². The lowest BCUT2D eigenvalue weighted by Gasteiger charge is -2.11. The minimum Gasteiger partial charge on any atom is -0.484 e. The first-order chi connectivity index (χ1) is 12.9. The van der Waals surface area contributed by atoms with Crippen molar-refractivity contribution < 1.29 is 14.1 Å². The van der Waals surface area contributed by atoms with Gasteiger partial charge in [-0.2, -0.15) is 4.98 Å². The number of carbonyl (C=O) groups is 1. The largest absolute Gasteiger partial charge is 0.484 e. The van der Waals surface area contributed by atoms with Crippen molar-refractivity contribution in [3.8, 4) is 17.2 Å². The number of aryl methyl sites for hydroxylation is 1. The molecule has 3 aromatic rings. The molecule has 27 heavy (non-hydrogen) atoms. The smallest absolute Gasteiger partial charge is 0.262 e. The van der Waals surface area contributed by atoms with Crippen molar-refractivity contribution in [3.05, 3.63) is 59.4 Å². The van der Waals surface area contributed by atoms with Crippen LogP contribution in [0, 0.1) is 13.8 Å². The predicted molar refractivity (Wildman–Crippen MR) is 104 cm³/mol. The van der Waals surface area contributed by atoms with E-state index in [9.17, 15) is 4.79 Å². The highest BCUT2D eigenvalue weighted by Crippen LogP contribution is 2.23. The topological polar surface area (TPSA) is 77.2 Å². The molecule has 0 radical (unpaired) electrons. The first kappa shape index (κ1) is 18.6. The van der Waals surface area contributed by atoms with E-state index < -0.39 is 0 Å². The van der Waals surface area contributed by atoms with E-state index >= 15 is 0 Å². The van der Waals surface area contributed by atoms with Gasteiger partial charge in [-0.1, -0.05) is 31.1 Å². The Bertz CT molecular complexity index is 930. The number of rotatable bonds is 6. The van der Waals surface area contributed by atoms with E-state index in [4.69, 9.17) is 9.26 Å². The zero-order valence-electron chi connectivity index (χ0n) is 15.9. The third-order valence-corrected chi connectivity index (χ3v) is 4.31. The van der Waals surface area contributed by atoms with Gasteiger partial charge in [0.2, 0.25) is 0 Å². The highest BCUT2D eigenvalue weighted by Gasteiger charge is 2.12. The zero-order chi connectivity index (χ0) is 19.4. The van der Waals surface area contributed by atoms with Gasteiger partial charge in [-0.3, -0.25) is 4.79 Å². The zero-order valence-corrected chi connectivity index (χ0v) is 15.9. The van der Waals surface area contributed by atoms with Crippen LogP contribution in [-0.2, 0) is 4.79 Å². The molecule has 0 fully saturated rings. The Morgan fingerprint density at radius 3 is 2.56 bits per heavy atom. The van der Waals surface area contributed by atoms with E-state index in [0.717, 1.165) is 22.4 Å². The van der Waals surface area contributed by atoms with Gasteiger partial charge in [-0.15, -0.1) is 0 Å². The normalized spacial score (nSPS) is 10.9. The molecule has 1 amide bonds. The Labute approximate surface area is 158 Å². The van der Waals surface area contributed by atoms with Crippen molar-refractivity contribution in [1.82, 2.24) is 10.1 Å². The summed E-state index contributed by atoms with van der Waals surface area (Å²) in [5.74, 6) is 1.75. The molecule has 1 N–H and O–H groups in total. The van der Waals surface area contributed by atoms with E-state index in [-0.39, 0.29) is 18.4 Å². The van der Waals surface area contributed by atoms with Gasteiger partial charge in [0, 0.05) is 17.2 Å². The highest BCUT2D eigenvalue weighted by atomic mass is 16.5. The van der Waals surface area contributed by atoms with Gasteiger partial charge < -0.3 is 14.6 Å². The van der Waals surface area contributed by atoms with Gasteiger partial charge in [0.15, 0.2) is 12.4 Å². The molecule has 0 aliphatic carbocycles. The number of aromatic nitrogens is 2. The predicted octanol–water partition coefficient (Wildman–Crippen LogP) is 4.49. The number of nitrogens with one attached hydrogen (secondary N) is 1. The second-order valence-electron chi connectivity index (χ2n) is 6.72. The third kappa shape index (κ3) is 4.53. The van der Waals surface area contributed by atoms with Gasteiger partial charge >= 0.3 is 0 Å². The highest BCUT2D eigenvalue weighted by molar-refractivity contribution is 5.92. The number of hydrogen-bond donors (Lipinski definition) is 1. The molecule has 140 valence electrons. The van der Waals surface area contributed by atoms with Crippen molar-refractivity contribution in [2.75, 3.05) is 11.9 Å².